The summed E-state index contributed by atoms with van der Waals surface area (Å²) in [6.45, 7) is 0. The molecule has 0 fully saturated rings. The smallest absolute Gasteiger partial charge is 0.159 e. The van der Waals surface area contributed by atoms with Crippen molar-refractivity contribution in [3.63, 3.8) is 0 Å². The van der Waals surface area contributed by atoms with Crippen LogP contribution in [0.3, 0.4) is 0 Å². The van der Waals surface area contributed by atoms with Gasteiger partial charge >= 0.3 is 0 Å². The van der Waals surface area contributed by atoms with Gasteiger partial charge in [0.25, 0.3) is 0 Å². The molecule has 4 heteroatoms. The Balaban J connectivity index is 2.38. The summed E-state index contributed by atoms with van der Waals surface area (Å²) in [4.78, 5) is 8.23. The molecular formula is C11H6IN3. The van der Waals surface area contributed by atoms with E-state index in [-0.39, 0.29) is 0 Å². The minimum absolute atomic E-state index is 0.476. The van der Waals surface area contributed by atoms with Crippen molar-refractivity contribution in [2.75, 3.05) is 0 Å². The molecule has 1 heterocycles. The Morgan fingerprint density at radius 1 is 1.07 bits per heavy atom. The highest BCUT2D eigenvalue weighted by Crippen LogP contribution is 2.15. The minimum Gasteiger partial charge on any atom is -0.235 e. The number of rotatable bonds is 1. The average Bonchev–Trinajstić information content (AvgIpc) is 2.30. The van der Waals surface area contributed by atoms with Gasteiger partial charge in [-0.05, 0) is 34.7 Å². The van der Waals surface area contributed by atoms with Crippen LogP contribution in [-0.4, -0.2) is 9.97 Å². The van der Waals surface area contributed by atoms with Crippen LogP contribution in [0.25, 0.3) is 11.4 Å². The molecule has 0 N–H and O–H groups in total. The summed E-state index contributed by atoms with van der Waals surface area (Å²) in [5, 5.41) is 8.60. The van der Waals surface area contributed by atoms with Gasteiger partial charge in [0.2, 0.25) is 0 Å². The predicted molar refractivity (Wildman–Crippen MR) is 64.9 cm³/mol. The molecular weight excluding hydrogens is 301 g/mol. The standard InChI is InChI=1S/C11H6IN3/c12-10-3-1-9(2-4-10)11-14-6-8(5-13)7-15-11/h1-4,6-7H. The van der Waals surface area contributed by atoms with Gasteiger partial charge in [-0.25, -0.2) is 9.97 Å². The fourth-order valence-corrected chi connectivity index (χ4v) is 1.49. The number of nitrogens with zero attached hydrogens (tertiary/aromatic N) is 3. The lowest BCUT2D eigenvalue weighted by Crippen LogP contribution is -1.89. The van der Waals surface area contributed by atoms with E-state index in [4.69, 9.17) is 5.26 Å². The molecule has 0 saturated heterocycles. The first-order chi connectivity index (χ1) is 7.29. The van der Waals surface area contributed by atoms with Crippen LogP contribution in [0.1, 0.15) is 5.56 Å². The minimum atomic E-state index is 0.476. The van der Waals surface area contributed by atoms with E-state index in [1.54, 1.807) is 0 Å². The summed E-state index contributed by atoms with van der Waals surface area (Å²) in [6, 6.07) is 9.91. The van der Waals surface area contributed by atoms with Crippen molar-refractivity contribution in [2.45, 2.75) is 0 Å². The molecule has 1 aromatic heterocycles. The second kappa shape index (κ2) is 4.36. The summed E-state index contributed by atoms with van der Waals surface area (Å²) in [6.07, 6.45) is 3.06. The van der Waals surface area contributed by atoms with Crippen LogP contribution in [0.15, 0.2) is 36.7 Å². The monoisotopic (exact) mass is 307 g/mol. The zero-order valence-corrected chi connectivity index (χ0v) is 9.84. The maximum atomic E-state index is 8.60. The number of hydrogen-bond acceptors (Lipinski definition) is 3. The molecule has 0 aliphatic heterocycles. The van der Waals surface area contributed by atoms with Crippen molar-refractivity contribution in [2.24, 2.45) is 0 Å². The Hall–Kier alpha value is -1.48. The van der Waals surface area contributed by atoms with Gasteiger partial charge in [-0.15, -0.1) is 0 Å². The van der Waals surface area contributed by atoms with E-state index in [1.807, 2.05) is 30.3 Å². The molecule has 1 aromatic carbocycles. The summed E-state index contributed by atoms with van der Waals surface area (Å²) in [5.74, 6) is 0.644. The zero-order valence-electron chi connectivity index (χ0n) is 7.68. The Labute approximate surface area is 101 Å². The van der Waals surface area contributed by atoms with Gasteiger partial charge in [0.1, 0.15) is 6.07 Å². The van der Waals surface area contributed by atoms with E-state index in [0.29, 0.717) is 11.4 Å². The molecule has 0 bridgehead atoms. The molecule has 3 nitrogen and oxygen atoms in total. The first-order valence-corrected chi connectivity index (χ1v) is 5.35. The second-order valence-corrected chi connectivity index (χ2v) is 4.16. The first-order valence-electron chi connectivity index (χ1n) is 4.27. The Morgan fingerprint density at radius 3 is 2.20 bits per heavy atom. The third kappa shape index (κ3) is 2.30. The van der Waals surface area contributed by atoms with E-state index in [1.165, 1.54) is 16.0 Å². The van der Waals surface area contributed by atoms with Crippen LogP contribution >= 0.6 is 22.6 Å². The van der Waals surface area contributed by atoms with Crippen molar-refractivity contribution in [1.29, 1.82) is 5.26 Å². The van der Waals surface area contributed by atoms with Crippen LogP contribution in [0.4, 0.5) is 0 Å². The zero-order chi connectivity index (χ0) is 10.7. The first kappa shape index (κ1) is 10.1. The van der Waals surface area contributed by atoms with Crippen molar-refractivity contribution < 1.29 is 0 Å². The van der Waals surface area contributed by atoms with E-state index in [2.05, 4.69) is 32.6 Å². The van der Waals surface area contributed by atoms with Crippen LogP contribution < -0.4 is 0 Å². The van der Waals surface area contributed by atoms with Crippen molar-refractivity contribution in [1.82, 2.24) is 9.97 Å². The highest BCUT2D eigenvalue weighted by molar-refractivity contribution is 14.1. The fourth-order valence-electron chi connectivity index (χ4n) is 1.13. The molecule has 72 valence electrons. The maximum Gasteiger partial charge on any atom is 0.159 e. The third-order valence-corrected chi connectivity index (χ3v) is 2.60. The normalized spacial score (nSPS) is 9.60. The lowest BCUT2D eigenvalue weighted by molar-refractivity contribution is 1.16. The van der Waals surface area contributed by atoms with Crippen LogP contribution in [0, 0.1) is 14.9 Å². The molecule has 0 saturated carbocycles. The van der Waals surface area contributed by atoms with Gasteiger partial charge < -0.3 is 0 Å². The van der Waals surface area contributed by atoms with Crippen molar-refractivity contribution in [3.05, 3.63) is 45.8 Å². The Kier molecular flexibility index (Phi) is 2.92. The topological polar surface area (TPSA) is 49.6 Å². The second-order valence-electron chi connectivity index (χ2n) is 2.91. The van der Waals surface area contributed by atoms with Crippen molar-refractivity contribution >= 4 is 22.6 Å². The summed E-state index contributed by atoms with van der Waals surface area (Å²) in [7, 11) is 0. The Bertz CT molecular complexity index is 497. The molecule has 0 aliphatic rings. The molecule has 2 aromatic rings. The number of aromatic nitrogens is 2. The van der Waals surface area contributed by atoms with Crippen LogP contribution in [-0.2, 0) is 0 Å². The highest BCUT2D eigenvalue weighted by Gasteiger charge is 2.00. The molecule has 15 heavy (non-hydrogen) atoms. The van der Waals surface area contributed by atoms with E-state index < -0.39 is 0 Å². The molecule has 0 aliphatic carbocycles. The lowest BCUT2D eigenvalue weighted by atomic mass is 10.2. The van der Waals surface area contributed by atoms with Gasteiger partial charge in [-0.2, -0.15) is 5.26 Å². The van der Waals surface area contributed by atoms with Crippen LogP contribution in [0.5, 0.6) is 0 Å². The SMILES string of the molecule is N#Cc1cnc(-c2ccc(I)cc2)nc1. The lowest BCUT2D eigenvalue weighted by Gasteiger charge is -1.99. The fraction of sp³-hybridized carbons (Fsp3) is 0. The quantitative estimate of drug-likeness (QED) is 0.761. The van der Waals surface area contributed by atoms with E-state index >= 15 is 0 Å². The highest BCUT2D eigenvalue weighted by atomic mass is 127. The number of halogens is 1. The molecule has 0 atom stereocenters. The number of benzene rings is 1. The third-order valence-electron chi connectivity index (χ3n) is 1.88. The summed E-state index contributed by atoms with van der Waals surface area (Å²) >= 11 is 2.24. The van der Waals surface area contributed by atoms with E-state index in [0.717, 1.165) is 5.56 Å². The van der Waals surface area contributed by atoms with Gasteiger partial charge in [-0.3, -0.25) is 0 Å². The molecule has 0 amide bonds. The summed E-state index contributed by atoms with van der Waals surface area (Å²) < 4.78 is 1.17. The molecule has 0 spiro atoms. The molecule has 0 unspecified atom stereocenters. The van der Waals surface area contributed by atoms with Crippen LogP contribution in [0.2, 0.25) is 0 Å². The molecule has 2 rings (SSSR count). The average molecular weight is 307 g/mol. The maximum absolute atomic E-state index is 8.60. The van der Waals surface area contributed by atoms with Gasteiger partial charge in [0.15, 0.2) is 5.82 Å². The predicted octanol–water partition coefficient (Wildman–Crippen LogP) is 2.62. The number of nitriles is 1. The van der Waals surface area contributed by atoms with E-state index in [9.17, 15) is 0 Å². The van der Waals surface area contributed by atoms with Crippen molar-refractivity contribution in [3.8, 4) is 17.5 Å². The van der Waals surface area contributed by atoms with Gasteiger partial charge in [0, 0.05) is 21.5 Å². The molecule has 0 radical (unpaired) electrons. The van der Waals surface area contributed by atoms with Gasteiger partial charge in [0.05, 0.1) is 5.56 Å². The number of hydrogen-bond donors (Lipinski definition) is 0. The largest absolute Gasteiger partial charge is 0.235 e. The van der Waals surface area contributed by atoms with Gasteiger partial charge in [-0.1, -0.05) is 12.1 Å². The Morgan fingerprint density at radius 2 is 1.67 bits per heavy atom. The summed E-state index contributed by atoms with van der Waals surface area (Å²) in [5.41, 5.74) is 1.43.